The fourth-order valence-corrected chi connectivity index (χ4v) is 9.03. The molecule has 4 nitrogen and oxygen atoms in total. The molecule has 0 aliphatic carbocycles. The molecule has 0 N–H and O–H groups in total. The highest BCUT2D eigenvalue weighted by Gasteiger charge is 2.50. The van der Waals surface area contributed by atoms with Crippen LogP contribution in [0.5, 0.6) is 11.5 Å². The van der Waals surface area contributed by atoms with Gasteiger partial charge in [0.15, 0.2) is 5.78 Å². The third-order valence-corrected chi connectivity index (χ3v) is 11.2. The monoisotopic (exact) mass is 488 g/mol. The predicted octanol–water partition coefficient (Wildman–Crippen LogP) is 5.77. The van der Waals surface area contributed by atoms with E-state index in [-0.39, 0.29) is 10.8 Å². The van der Waals surface area contributed by atoms with Gasteiger partial charge in [0.1, 0.15) is 11.5 Å². The summed E-state index contributed by atoms with van der Waals surface area (Å²) in [5, 5.41) is 2.35. The van der Waals surface area contributed by atoms with Gasteiger partial charge in [-0.05, 0) is 45.3 Å². The molecule has 35 heavy (non-hydrogen) atoms. The Morgan fingerprint density at radius 3 is 1.74 bits per heavy atom. The number of hydrogen-bond acceptors (Lipinski definition) is 4. The maximum Gasteiger partial charge on any atom is 0.261 e. The quantitative estimate of drug-likeness (QED) is 0.268. The molecule has 0 amide bonds. The molecule has 5 heteroatoms. The molecule has 3 aromatic rings. The van der Waals surface area contributed by atoms with Crippen LogP contribution in [0.15, 0.2) is 78.9 Å². The fraction of sp³-hybridized carbons (Fsp3) is 0.300. The van der Waals surface area contributed by atoms with E-state index in [2.05, 4.69) is 69.3 Å². The molecular weight excluding hydrogens is 452 g/mol. The molecule has 0 unspecified atom stereocenters. The van der Waals surface area contributed by atoms with Crippen molar-refractivity contribution in [3.8, 4) is 11.5 Å². The summed E-state index contributed by atoms with van der Waals surface area (Å²) in [5.41, 5.74) is 1.69. The molecule has 0 saturated heterocycles. The first-order valence-corrected chi connectivity index (χ1v) is 13.9. The summed E-state index contributed by atoms with van der Waals surface area (Å²) in [6.07, 6.45) is 3.78. The average molecular weight is 489 g/mol. The minimum atomic E-state index is -2.68. The second-order valence-corrected chi connectivity index (χ2v) is 13.8. The Kier molecular flexibility index (Phi) is 8.70. The molecule has 0 radical (unpaired) electrons. The van der Waals surface area contributed by atoms with Gasteiger partial charge < -0.3 is 13.9 Å². The maximum absolute atomic E-state index is 11.8. The van der Waals surface area contributed by atoms with Gasteiger partial charge in [-0.15, -0.1) is 0 Å². The van der Waals surface area contributed by atoms with E-state index in [1.165, 1.54) is 10.4 Å². The van der Waals surface area contributed by atoms with Crippen LogP contribution in [0.1, 0.15) is 45.2 Å². The molecular formula is C30H36O4Si. The standard InChI is InChI=1S/C30H36O4Si/c1-7-24(31)18-19-27-28(32-5)20-23(21-29(27)33-6)22-34-35(30(2,3)4,25-14-10-8-11-15-25)26-16-12-9-13-17-26/h8-21H,7,22H2,1-6H3/b19-18+. The summed E-state index contributed by atoms with van der Waals surface area (Å²) < 4.78 is 18.4. The van der Waals surface area contributed by atoms with Crippen LogP contribution in [-0.4, -0.2) is 28.3 Å². The summed E-state index contributed by atoms with van der Waals surface area (Å²) in [6.45, 7) is 9.03. The molecule has 0 atom stereocenters. The minimum Gasteiger partial charge on any atom is -0.496 e. The molecule has 184 valence electrons. The molecule has 0 heterocycles. The van der Waals surface area contributed by atoms with Crippen LogP contribution >= 0.6 is 0 Å². The number of ether oxygens (including phenoxy) is 2. The van der Waals surface area contributed by atoms with Crippen LogP contribution < -0.4 is 19.8 Å². The van der Waals surface area contributed by atoms with E-state index in [1.54, 1.807) is 26.4 Å². The lowest BCUT2D eigenvalue weighted by Gasteiger charge is -2.43. The lowest BCUT2D eigenvalue weighted by molar-refractivity contribution is -0.114. The normalized spacial score (nSPS) is 12.1. The number of hydrogen-bond donors (Lipinski definition) is 0. The minimum absolute atomic E-state index is 0.0493. The van der Waals surface area contributed by atoms with Crippen molar-refractivity contribution in [2.75, 3.05) is 14.2 Å². The molecule has 0 fully saturated rings. The van der Waals surface area contributed by atoms with Gasteiger partial charge in [-0.3, -0.25) is 4.79 Å². The third kappa shape index (κ3) is 5.74. The second kappa shape index (κ2) is 11.5. The van der Waals surface area contributed by atoms with Gasteiger partial charge in [-0.25, -0.2) is 0 Å². The van der Waals surface area contributed by atoms with Crippen LogP contribution in [0.3, 0.4) is 0 Å². The maximum atomic E-state index is 11.8. The zero-order valence-corrected chi connectivity index (χ0v) is 22.6. The highest BCUT2D eigenvalue weighted by atomic mass is 28.4. The van der Waals surface area contributed by atoms with Crippen LogP contribution in [-0.2, 0) is 15.8 Å². The number of ketones is 1. The van der Waals surface area contributed by atoms with E-state index in [0.29, 0.717) is 24.5 Å². The van der Waals surface area contributed by atoms with Gasteiger partial charge in [0.05, 0.1) is 26.4 Å². The summed E-state index contributed by atoms with van der Waals surface area (Å²) in [5.74, 6) is 1.34. The van der Waals surface area contributed by atoms with Crippen molar-refractivity contribution in [2.24, 2.45) is 0 Å². The molecule has 3 aromatic carbocycles. The zero-order chi connectivity index (χ0) is 25.5. The number of benzene rings is 3. The number of allylic oxidation sites excluding steroid dienone is 1. The van der Waals surface area contributed by atoms with E-state index in [4.69, 9.17) is 13.9 Å². The van der Waals surface area contributed by atoms with Crippen LogP contribution in [0.4, 0.5) is 0 Å². The van der Waals surface area contributed by atoms with Crippen LogP contribution in [0, 0.1) is 0 Å². The Morgan fingerprint density at radius 2 is 1.34 bits per heavy atom. The Balaban J connectivity index is 2.08. The Morgan fingerprint density at radius 1 is 0.857 bits per heavy atom. The third-order valence-electron chi connectivity index (χ3n) is 6.26. The van der Waals surface area contributed by atoms with Crippen molar-refractivity contribution in [3.63, 3.8) is 0 Å². The van der Waals surface area contributed by atoms with Gasteiger partial charge in [0.25, 0.3) is 8.32 Å². The summed E-state index contributed by atoms with van der Waals surface area (Å²) >= 11 is 0. The van der Waals surface area contributed by atoms with Gasteiger partial charge in [0, 0.05) is 6.42 Å². The van der Waals surface area contributed by atoms with E-state index < -0.39 is 8.32 Å². The van der Waals surface area contributed by atoms with Crippen LogP contribution in [0.2, 0.25) is 5.04 Å². The number of methoxy groups -OCH3 is 2. The Labute approximate surface area is 210 Å². The van der Waals surface area contributed by atoms with Crippen molar-refractivity contribution >= 4 is 30.6 Å². The van der Waals surface area contributed by atoms with E-state index in [9.17, 15) is 4.79 Å². The smallest absolute Gasteiger partial charge is 0.261 e. The van der Waals surface area contributed by atoms with E-state index in [1.807, 2.05) is 31.2 Å². The largest absolute Gasteiger partial charge is 0.496 e. The molecule has 0 saturated carbocycles. The van der Waals surface area contributed by atoms with Crippen molar-refractivity contribution in [2.45, 2.75) is 45.8 Å². The van der Waals surface area contributed by atoms with Crippen LogP contribution in [0.25, 0.3) is 6.08 Å². The van der Waals surface area contributed by atoms with Crippen molar-refractivity contribution < 1.29 is 18.7 Å². The molecule has 0 spiro atoms. The number of carbonyl (C=O) groups excluding carboxylic acids is 1. The van der Waals surface area contributed by atoms with Gasteiger partial charge in [-0.1, -0.05) is 88.4 Å². The molecule has 0 bridgehead atoms. The van der Waals surface area contributed by atoms with Crippen molar-refractivity contribution in [1.82, 2.24) is 0 Å². The molecule has 0 aromatic heterocycles. The molecule has 3 rings (SSSR count). The highest BCUT2D eigenvalue weighted by Crippen LogP contribution is 2.38. The average Bonchev–Trinajstić information content (AvgIpc) is 2.87. The van der Waals surface area contributed by atoms with Gasteiger partial charge in [-0.2, -0.15) is 0 Å². The lowest BCUT2D eigenvalue weighted by atomic mass is 10.1. The first-order valence-electron chi connectivity index (χ1n) is 12.0. The molecule has 0 aliphatic rings. The number of carbonyl (C=O) groups is 1. The number of rotatable bonds is 10. The Hall–Kier alpha value is -3.15. The lowest BCUT2D eigenvalue weighted by Crippen LogP contribution is -2.66. The topological polar surface area (TPSA) is 44.8 Å². The van der Waals surface area contributed by atoms with Gasteiger partial charge >= 0.3 is 0 Å². The SMILES string of the molecule is CCC(=O)/C=C/c1c(OC)cc(CO[Si](c2ccccc2)(c2ccccc2)C(C)(C)C)cc1OC. The van der Waals surface area contributed by atoms with Crippen molar-refractivity contribution in [3.05, 3.63) is 90.0 Å². The van der Waals surface area contributed by atoms with Crippen molar-refractivity contribution in [1.29, 1.82) is 0 Å². The highest BCUT2D eigenvalue weighted by molar-refractivity contribution is 6.99. The Bertz CT molecular complexity index is 1080. The fourth-order valence-electron chi connectivity index (χ4n) is 4.49. The zero-order valence-electron chi connectivity index (χ0n) is 21.6. The van der Waals surface area contributed by atoms with E-state index in [0.717, 1.165) is 11.1 Å². The summed E-state index contributed by atoms with van der Waals surface area (Å²) in [4.78, 5) is 11.8. The summed E-state index contributed by atoms with van der Waals surface area (Å²) in [6, 6.07) is 25.1. The molecule has 0 aliphatic heterocycles. The van der Waals surface area contributed by atoms with E-state index >= 15 is 0 Å². The van der Waals surface area contributed by atoms with Gasteiger partial charge in [0.2, 0.25) is 0 Å². The summed E-state index contributed by atoms with van der Waals surface area (Å²) in [7, 11) is 0.575. The first kappa shape index (κ1) is 26.5. The second-order valence-electron chi connectivity index (χ2n) is 9.52. The first-order chi connectivity index (χ1) is 16.8. The predicted molar refractivity (Wildman–Crippen MR) is 146 cm³/mol.